The second-order valence-corrected chi connectivity index (χ2v) is 8.01. The lowest BCUT2D eigenvalue weighted by Crippen LogP contribution is -2.45. The molecule has 1 aromatic heterocycles. The standard InChI is InChI=1S/C21H30N6/c1-16-25-26-19(27(16)2)14-22-20(24-18-10-6-7-11-18)23-15-21(12-13-21)17-8-4-3-5-9-17/h3-5,8-9,18H,6-7,10-15H2,1-2H3,(H2,22,23,24). The highest BCUT2D eigenvalue weighted by molar-refractivity contribution is 5.80. The van der Waals surface area contributed by atoms with Crippen LogP contribution in [0.1, 0.15) is 55.7 Å². The summed E-state index contributed by atoms with van der Waals surface area (Å²) >= 11 is 0. The predicted molar refractivity (Wildman–Crippen MR) is 108 cm³/mol. The predicted octanol–water partition coefficient (Wildman–Crippen LogP) is 2.83. The molecule has 0 aliphatic heterocycles. The van der Waals surface area contributed by atoms with E-state index < -0.39 is 0 Å². The third-order valence-corrected chi connectivity index (χ3v) is 6.09. The first kappa shape index (κ1) is 18.0. The number of aryl methyl sites for hydroxylation is 1. The Morgan fingerprint density at radius 1 is 1.19 bits per heavy atom. The molecule has 2 aromatic rings. The Bertz CT molecular complexity index is 784. The Labute approximate surface area is 161 Å². The van der Waals surface area contributed by atoms with Crippen LogP contribution in [0.15, 0.2) is 35.3 Å². The fourth-order valence-corrected chi connectivity index (χ4v) is 3.92. The minimum absolute atomic E-state index is 0.265. The van der Waals surface area contributed by atoms with Crippen LogP contribution in [0.25, 0.3) is 0 Å². The van der Waals surface area contributed by atoms with Gasteiger partial charge in [0.05, 0.1) is 0 Å². The van der Waals surface area contributed by atoms with Crippen molar-refractivity contribution >= 4 is 5.96 Å². The smallest absolute Gasteiger partial charge is 0.191 e. The first-order chi connectivity index (χ1) is 13.2. The van der Waals surface area contributed by atoms with Crippen molar-refractivity contribution in [3.05, 3.63) is 47.5 Å². The summed E-state index contributed by atoms with van der Waals surface area (Å²) in [5.41, 5.74) is 1.70. The Balaban J connectivity index is 1.44. The maximum atomic E-state index is 4.83. The van der Waals surface area contributed by atoms with Crippen molar-refractivity contribution in [1.82, 2.24) is 25.4 Å². The van der Waals surface area contributed by atoms with Gasteiger partial charge in [-0.3, -0.25) is 0 Å². The van der Waals surface area contributed by atoms with E-state index in [4.69, 9.17) is 4.99 Å². The average molecular weight is 367 g/mol. The topological polar surface area (TPSA) is 67.1 Å². The van der Waals surface area contributed by atoms with Crippen LogP contribution in [0.4, 0.5) is 0 Å². The second kappa shape index (κ2) is 7.71. The zero-order valence-electron chi connectivity index (χ0n) is 16.4. The van der Waals surface area contributed by atoms with Crippen molar-refractivity contribution in [1.29, 1.82) is 0 Å². The van der Waals surface area contributed by atoms with Gasteiger partial charge in [0.15, 0.2) is 11.8 Å². The van der Waals surface area contributed by atoms with Gasteiger partial charge in [-0.25, -0.2) is 4.99 Å². The first-order valence-corrected chi connectivity index (χ1v) is 10.1. The molecule has 1 heterocycles. The van der Waals surface area contributed by atoms with Crippen molar-refractivity contribution in [2.75, 3.05) is 6.54 Å². The van der Waals surface area contributed by atoms with Crippen molar-refractivity contribution < 1.29 is 0 Å². The maximum Gasteiger partial charge on any atom is 0.191 e. The van der Waals surface area contributed by atoms with Gasteiger partial charge in [0, 0.05) is 25.0 Å². The number of nitrogens with one attached hydrogen (secondary N) is 2. The molecule has 0 bridgehead atoms. The van der Waals surface area contributed by atoms with Crippen molar-refractivity contribution in [2.24, 2.45) is 12.0 Å². The van der Waals surface area contributed by atoms with Crippen LogP contribution >= 0.6 is 0 Å². The van der Waals surface area contributed by atoms with Gasteiger partial charge in [-0.1, -0.05) is 43.2 Å². The molecule has 144 valence electrons. The Kier molecular flexibility index (Phi) is 5.14. The van der Waals surface area contributed by atoms with Gasteiger partial charge in [-0.05, 0) is 38.2 Å². The van der Waals surface area contributed by atoms with Crippen LogP contribution < -0.4 is 10.6 Å². The monoisotopic (exact) mass is 366 g/mol. The number of hydrogen-bond donors (Lipinski definition) is 2. The number of hydrogen-bond acceptors (Lipinski definition) is 3. The van der Waals surface area contributed by atoms with Crippen LogP contribution in [0.5, 0.6) is 0 Å². The van der Waals surface area contributed by atoms with E-state index in [0.717, 1.165) is 24.2 Å². The molecule has 2 fully saturated rings. The number of aromatic nitrogens is 3. The lowest BCUT2D eigenvalue weighted by molar-refractivity contribution is 0.590. The summed E-state index contributed by atoms with van der Waals surface area (Å²) in [4.78, 5) is 4.83. The molecule has 27 heavy (non-hydrogen) atoms. The highest BCUT2D eigenvalue weighted by atomic mass is 15.3. The summed E-state index contributed by atoms with van der Waals surface area (Å²) in [6.07, 6.45) is 7.55. The quantitative estimate of drug-likeness (QED) is 0.609. The summed E-state index contributed by atoms with van der Waals surface area (Å²) < 4.78 is 2.00. The normalized spacial score (nSPS) is 19.3. The fraction of sp³-hybridized carbons (Fsp3) is 0.571. The van der Waals surface area contributed by atoms with Gasteiger partial charge in [-0.15, -0.1) is 10.2 Å². The maximum absolute atomic E-state index is 4.83. The molecule has 2 N–H and O–H groups in total. The van der Waals surface area contributed by atoms with Gasteiger partial charge < -0.3 is 15.2 Å². The molecular formula is C21H30N6. The highest BCUT2D eigenvalue weighted by Gasteiger charge is 2.44. The van der Waals surface area contributed by atoms with Crippen molar-refractivity contribution in [2.45, 2.75) is 63.5 Å². The molecule has 0 saturated heterocycles. The summed E-state index contributed by atoms with van der Waals surface area (Å²) in [6, 6.07) is 11.4. The summed E-state index contributed by atoms with van der Waals surface area (Å²) in [7, 11) is 1.99. The number of benzene rings is 1. The van der Waals surface area contributed by atoms with E-state index in [1.807, 2.05) is 18.5 Å². The second-order valence-electron chi connectivity index (χ2n) is 8.01. The third-order valence-electron chi connectivity index (χ3n) is 6.09. The zero-order valence-corrected chi connectivity index (χ0v) is 16.4. The van der Waals surface area contributed by atoms with Crippen LogP contribution in [0.2, 0.25) is 0 Å². The summed E-state index contributed by atoms with van der Waals surface area (Å²) in [5, 5.41) is 15.6. The average Bonchev–Trinajstić information content (AvgIpc) is 3.19. The third kappa shape index (κ3) is 4.15. The molecule has 2 aliphatic carbocycles. The number of rotatable bonds is 6. The van der Waals surface area contributed by atoms with Gasteiger partial charge in [-0.2, -0.15) is 0 Å². The van der Waals surface area contributed by atoms with Gasteiger partial charge in [0.2, 0.25) is 0 Å². The molecule has 2 aliphatic rings. The lowest BCUT2D eigenvalue weighted by Gasteiger charge is -2.21. The van der Waals surface area contributed by atoms with Gasteiger partial charge in [0.1, 0.15) is 12.4 Å². The first-order valence-electron chi connectivity index (χ1n) is 10.1. The molecule has 1 aromatic carbocycles. The molecule has 0 spiro atoms. The number of nitrogens with zero attached hydrogens (tertiary/aromatic N) is 4. The SMILES string of the molecule is Cc1nnc(CN=C(NCC2(c3ccccc3)CC2)NC2CCCC2)n1C. The molecule has 4 rings (SSSR count). The minimum atomic E-state index is 0.265. The molecule has 0 amide bonds. The van der Waals surface area contributed by atoms with Crippen LogP contribution in [0, 0.1) is 6.92 Å². The highest BCUT2D eigenvalue weighted by Crippen LogP contribution is 2.47. The van der Waals surface area contributed by atoms with Crippen LogP contribution in [0.3, 0.4) is 0 Å². The van der Waals surface area contributed by atoms with Gasteiger partial charge in [0.25, 0.3) is 0 Å². The molecule has 0 unspecified atom stereocenters. The molecule has 2 saturated carbocycles. The van der Waals surface area contributed by atoms with E-state index in [1.54, 1.807) is 0 Å². The lowest BCUT2D eigenvalue weighted by atomic mass is 9.96. The van der Waals surface area contributed by atoms with Crippen LogP contribution in [-0.4, -0.2) is 33.3 Å². The van der Waals surface area contributed by atoms with Crippen LogP contribution in [-0.2, 0) is 19.0 Å². The van der Waals surface area contributed by atoms with Crippen molar-refractivity contribution in [3.8, 4) is 0 Å². The Morgan fingerprint density at radius 3 is 2.56 bits per heavy atom. The molecular weight excluding hydrogens is 336 g/mol. The minimum Gasteiger partial charge on any atom is -0.355 e. The molecule has 6 nitrogen and oxygen atoms in total. The van der Waals surface area contributed by atoms with Crippen molar-refractivity contribution in [3.63, 3.8) is 0 Å². The fourth-order valence-electron chi connectivity index (χ4n) is 3.92. The van der Waals surface area contributed by atoms with Gasteiger partial charge >= 0.3 is 0 Å². The Hall–Kier alpha value is -2.37. The van der Waals surface area contributed by atoms with E-state index in [1.165, 1.54) is 44.1 Å². The molecule has 0 atom stereocenters. The summed E-state index contributed by atoms with van der Waals surface area (Å²) in [6.45, 7) is 3.43. The number of guanidine groups is 1. The van der Waals surface area contributed by atoms with E-state index in [0.29, 0.717) is 12.6 Å². The van der Waals surface area contributed by atoms with E-state index in [9.17, 15) is 0 Å². The van der Waals surface area contributed by atoms with E-state index in [-0.39, 0.29) is 5.41 Å². The molecule has 0 radical (unpaired) electrons. The van der Waals surface area contributed by atoms with E-state index >= 15 is 0 Å². The summed E-state index contributed by atoms with van der Waals surface area (Å²) in [5.74, 6) is 2.72. The zero-order chi connectivity index (χ0) is 18.7. The Morgan fingerprint density at radius 2 is 1.93 bits per heavy atom. The number of aliphatic imine (C=N–C) groups is 1. The largest absolute Gasteiger partial charge is 0.355 e. The van der Waals surface area contributed by atoms with E-state index in [2.05, 4.69) is 51.2 Å². The molecule has 6 heteroatoms.